The van der Waals surface area contributed by atoms with E-state index in [1.807, 2.05) is 11.9 Å². The van der Waals surface area contributed by atoms with Crippen LogP contribution in [0.1, 0.15) is 19.3 Å². The lowest BCUT2D eigenvalue weighted by Gasteiger charge is -2.29. The molecule has 74 valence electrons. The quantitative estimate of drug-likeness (QED) is 0.630. The lowest BCUT2D eigenvalue weighted by atomic mass is 10.1. The highest BCUT2D eigenvalue weighted by atomic mass is 32.2. The molecule has 3 nitrogen and oxygen atoms in total. The Morgan fingerprint density at radius 3 is 2.54 bits per heavy atom. The van der Waals surface area contributed by atoms with E-state index in [0.29, 0.717) is 5.91 Å². The first-order valence-electron chi connectivity index (χ1n) is 4.89. The minimum Gasteiger partial charge on any atom is -0.334 e. The predicted molar refractivity (Wildman–Crippen MR) is 54.4 cm³/mol. The Bertz CT molecular complexity index is 204. The van der Waals surface area contributed by atoms with Gasteiger partial charge in [-0.3, -0.25) is 9.69 Å². The maximum atomic E-state index is 11.7. The van der Waals surface area contributed by atoms with E-state index < -0.39 is 0 Å². The van der Waals surface area contributed by atoms with Crippen molar-refractivity contribution in [1.82, 2.24) is 9.80 Å². The van der Waals surface area contributed by atoms with Gasteiger partial charge in [0.1, 0.15) is 5.37 Å². The van der Waals surface area contributed by atoms with Crippen LogP contribution in [-0.2, 0) is 4.79 Å². The predicted octanol–water partition coefficient (Wildman–Crippen LogP) is 0.961. The molecule has 1 amide bonds. The Kier molecular flexibility index (Phi) is 2.79. The van der Waals surface area contributed by atoms with Crippen molar-refractivity contribution in [1.29, 1.82) is 0 Å². The van der Waals surface area contributed by atoms with Gasteiger partial charge in [0.2, 0.25) is 0 Å². The maximum Gasteiger partial charge on any atom is 0.250 e. The van der Waals surface area contributed by atoms with Crippen LogP contribution < -0.4 is 0 Å². The van der Waals surface area contributed by atoms with Crippen molar-refractivity contribution in [2.24, 2.45) is 0 Å². The van der Waals surface area contributed by atoms with E-state index in [1.54, 1.807) is 11.8 Å². The van der Waals surface area contributed by atoms with Crippen molar-refractivity contribution in [3.8, 4) is 0 Å². The summed E-state index contributed by atoms with van der Waals surface area (Å²) in [5.74, 6) is 1.16. The molecule has 2 rings (SSSR count). The van der Waals surface area contributed by atoms with Gasteiger partial charge in [-0.2, -0.15) is 0 Å². The summed E-state index contributed by atoms with van der Waals surface area (Å²) in [5, 5.41) is 0.130. The first-order chi connectivity index (χ1) is 6.29. The Morgan fingerprint density at radius 1 is 1.31 bits per heavy atom. The van der Waals surface area contributed by atoms with Crippen LogP contribution in [0.15, 0.2) is 0 Å². The number of carbonyl (C=O) groups excluding carboxylic acids is 1. The fourth-order valence-electron chi connectivity index (χ4n) is 1.92. The first-order valence-corrected chi connectivity index (χ1v) is 5.94. The van der Waals surface area contributed by atoms with Gasteiger partial charge in [-0.05, 0) is 25.9 Å². The number of hydrogen-bond donors (Lipinski definition) is 0. The molecule has 2 fully saturated rings. The van der Waals surface area contributed by atoms with E-state index >= 15 is 0 Å². The molecule has 0 N–H and O–H groups in total. The molecule has 0 radical (unpaired) electrons. The van der Waals surface area contributed by atoms with E-state index in [1.165, 1.54) is 19.3 Å². The third-order valence-electron chi connectivity index (χ3n) is 2.74. The van der Waals surface area contributed by atoms with Gasteiger partial charge < -0.3 is 4.90 Å². The van der Waals surface area contributed by atoms with Gasteiger partial charge in [0.05, 0.1) is 5.88 Å². The SMILES string of the molecule is CN1CSC(N2CCCCC2)C1=O. The molecule has 2 aliphatic rings. The van der Waals surface area contributed by atoms with Gasteiger partial charge in [-0.15, -0.1) is 11.8 Å². The number of hydrogen-bond acceptors (Lipinski definition) is 3. The smallest absolute Gasteiger partial charge is 0.250 e. The number of likely N-dealkylation sites (tertiary alicyclic amines) is 1. The summed E-state index contributed by atoms with van der Waals surface area (Å²) in [6.45, 7) is 2.22. The molecule has 0 bridgehead atoms. The molecule has 1 unspecified atom stereocenters. The zero-order chi connectivity index (χ0) is 9.26. The summed E-state index contributed by atoms with van der Waals surface area (Å²) in [4.78, 5) is 15.8. The van der Waals surface area contributed by atoms with Gasteiger partial charge >= 0.3 is 0 Å². The van der Waals surface area contributed by atoms with Gasteiger partial charge in [-0.25, -0.2) is 0 Å². The van der Waals surface area contributed by atoms with Crippen LogP contribution in [0.2, 0.25) is 0 Å². The highest BCUT2D eigenvalue weighted by molar-refractivity contribution is 8.00. The number of rotatable bonds is 1. The zero-order valence-corrected chi connectivity index (χ0v) is 8.85. The molecule has 2 aliphatic heterocycles. The van der Waals surface area contributed by atoms with Crippen molar-refractivity contribution in [3.63, 3.8) is 0 Å². The van der Waals surface area contributed by atoms with Crippen LogP contribution in [0.5, 0.6) is 0 Å². The average molecular weight is 200 g/mol. The van der Waals surface area contributed by atoms with Crippen molar-refractivity contribution >= 4 is 17.7 Å². The molecule has 4 heteroatoms. The second kappa shape index (κ2) is 3.88. The first kappa shape index (κ1) is 9.34. The van der Waals surface area contributed by atoms with Crippen molar-refractivity contribution in [2.45, 2.75) is 24.6 Å². The van der Waals surface area contributed by atoms with Gasteiger partial charge in [0, 0.05) is 7.05 Å². The summed E-state index contributed by atoms with van der Waals surface area (Å²) < 4.78 is 0. The Hall–Kier alpha value is -0.220. The number of nitrogens with zero attached hydrogens (tertiary/aromatic N) is 2. The van der Waals surface area contributed by atoms with E-state index in [0.717, 1.165) is 19.0 Å². The maximum absolute atomic E-state index is 11.7. The minimum atomic E-state index is 0.130. The van der Waals surface area contributed by atoms with Crippen LogP contribution in [0.25, 0.3) is 0 Å². The molecule has 0 saturated carbocycles. The van der Waals surface area contributed by atoms with E-state index in [-0.39, 0.29) is 5.37 Å². The number of piperidine rings is 1. The van der Waals surface area contributed by atoms with Crippen molar-refractivity contribution < 1.29 is 4.79 Å². The summed E-state index contributed by atoms with van der Waals surface area (Å²) in [7, 11) is 1.89. The van der Waals surface area contributed by atoms with E-state index in [9.17, 15) is 4.79 Å². The van der Waals surface area contributed by atoms with Gasteiger partial charge in [-0.1, -0.05) is 6.42 Å². The fourth-order valence-corrected chi connectivity index (χ4v) is 3.16. The second-order valence-electron chi connectivity index (χ2n) is 3.78. The van der Waals surface area contributed by atoms with Gasteiger partial charge in [0.25, 0.3) is 5.91 Å². The number of carbonyl (C=O) groups is 1. The lowest BCUT2D eigenvalue weighted by Crippen LogP contribution is -2.42. The van der Waals surface area contributed by atoms with Crippen LogP contribution in [0.3, 0.4) is 0 Å². The molecular weight excluding hydrogens is 184 g/mol. The van der Waals surface area contributed by atoms with Gasteiger partial charge in [0.15, 0.2) is 0 Å². The van der Waals surface area contributed by atoms with E-state index in [2.05, 4.69) is 4.90 Å². The monoisotopic (exact) mass is 200 g/mol. The lowest BCUT2D eigenvalue weighted by molar-refractivity contribution is -0.130. The number of likely N-dealkylation sites (N-methyl/N-ethyl adjacent to an activating group) is 1. The average Bonchev–Trinajstić information content (AvgIpc) is 2.49. The van der Waals surface area contributed by atoms with Crippen LogP contribution in [0, 0.1) is 0 Å². The Morgan fingerprint density at radius 2 is 2.00 bits per heavy atom. The third-order valence-corrected chi connectivity index (χ3v) is 4.09. The van der Waals surface area contributed by atoms with Crippen molar-refractivity contribution in [2.75, 3.05) is 26.0 Å². The molecular formula is C9H16N2OS. The Balaban J connectivity index is 1.96. The number of thioether (sulfide) groups is 1. The fraction of sp³-hybridized carbons (Fsp3) is 0.889. The summed E-state index contributed by atoms with van der Waals surface area (Å²) in [6.07, 6.45) is 3.85. The minimum absolute atomic E-state index is 0.130. The molecule has 2 saturated heterocycles. The zero-order valence-electron chi connectivity index (χ0n) is 8.03. The molecule has 1 atom stereocenters. The molecule has 0 aromatic rings. The summed E-state index contributed by atoms with van der Waals surface area (Å²) in [6, 6.07) is 0. The standard InChI is InChI=1S/C9H16N2OS/c1-10-7-13-9(8(10)12)11-5-3-2-4-6-11/h9H,2-7H2,1H3. The van der Waals surface area contributed by atoms with Crippen LogP contribution in [-0.4, -0.2) is 47.1 Å². The Labute approximate surface area is 83.5 Å². The molecule has 0 aliphatic carbocycles. The summed E-state index contributed by atoms with van der Waals surface area (Å²) >= 11 is 1.77. The van der Waals surface area contributed by atoms with Crippen LogP contribution in [0.4, 0.5) is 0 Å². The van der Waals surface area contributed by atoms with E-state index in [4.69, 9.17) is 0 Å². The highest BCUT2D eigenvalue weighted by Gasteiger charge is 2.34. The molecule has 0 aromatic carbocycles. The highest BCUT2D eigenvalue weighted by Crippen LogP contribution is 2.27. The number of amides is 1. The second-order valence-corrected chi connectivity index (χ2v) is 4.82. The molecule has 0 aromatic heterocycles. The van der Waals surface area contributed by atoms with Crippen LogP contribution >= 0.6 is 11.8 Å². The van der Waals surface area contributed by atoms with Crippen molar-refractivity contribution in [3.05, 3.63) is 0 Å². The molecule has 2 heterocycles. The normalized spacial score (nSPS) is 31.3. The molecule has 13 heavy (non-hydrogen) atoms. The topological polar surface area (TPSA) is 23.6 Å². The third kappa shape index (κ3) is 1.83. The largest absolute Gasteiger partial charge is 0.334 e. The summed E-state index contributed by atoms with van der Waals surface area (Å²) in [5.41, 5.74) is 0. The molecule has 0 spiro atoms.